The molecule has 0 aliphatic carbocycles. The van der Waals surface area contributed by atoms with Gasteiger partial charge in [-0.05, 0) is 44.9 Å². The molecule has 264 valence electrons. The van der Waals surface area contributed by atoms with Crippen molar-refractivity contribution < 1.29 is 50.0 Å². The Labute approximate surface area is 270 Å². The minimum absolute atomic E-state index is 0.245. The van der Waals surface area contributed by atoms with Crippen molar-refractivity contribution in [2.75, 3.05) is 13.2 Å². The van der Waals surface area contributed by atoms with E-state index >= 15 is 0 Å². The minimum atomic E-state index is -1.66. The maximum Gasteiger partial charge on any atom is 0.249 e. The van der Waals surface area contributed by atoms with Gasteiger partial charge < -0.3 is 50.5 Å². The molecule has 9 unspecified atom stereocenters. The number of unbranched alkanes of at least 4 members (excludes halogenated alkanes) is 10. The van der Waals surface area contributed by atoms with E-state index in [1.807, 2.05) is 6.08 Å². The number of aliphatic hydroxyl groups is 7. The summed E-state index contributed by atoms with van der Waals surface area (Å²) in [6, 6.07) is -1.18. The lowest BCUT2D eigenvalue weighted by Crippen LogP contribution is -2.60. The summed E-state index contributed by atoms with van der Waals surface area (Å²) in [5.74, 6) is -0.720. The number of rotatable bonds is 26. The second-order valence-corrected chi connectivity index (χ2v) is 12.2. The second kappa shape index (κ2) is 25.7. The molecule has 0 spiro atoms. The van der Waals surface area contributed by atoms with Gasteiger partial charge in [0.15, 0.2) is 6.29 Å². The van der Waals surface area contributed by atoms with Gasteiger partial charge >= 0.3 is 0 Å². The van der Waals surface area contributed by atoms with Crippen molar-refractivity contribution in [2.24, 2.45) is 0 Å². The molecule has 11 heteroatoms. The minimum Gasteiger partial charge on any atom is -0.394 e. The first-order valence-electron chi connectivity index (χ1n) is 17.2. The third-order valence-electron chi connectivity index (χ3n) is 8.22. The van der Waals surface area contributed by atoms with Gasteiger partial charge in [0.1, 0.15) is 36.6 Å². The maximum atomic E-state index is 12.9. The lowest BCUT2D eigenvalue weighted by molar-refractivity contribution is -0.303. The highest BCUT2D eigenvalue weighted by molar-refractivity contribution is 5.80. The SMILES string of the molecule is CCC/C=C/CC/C=C/CCCC(O)C(O)C(COC1OC(CO)C(O)C(O)C1O)NC(=O)C(O)CCCCCCCCCC. The van der Waals surface area contributed by atoms with Crippen molar-refractivity contribution in [1.29, 1.82) is 0 Å². The standard InChI is InChI=1S/C34H63NO10/c1-3-5-7-9-11-13-14-16-17-19-21-26(37)29(39)25(24-44-34-32(42)31(41)30(40)28(23-36)45-34)35-33(43)27(38)22-20-18-15-12-10-8-6-4-2/h7,9,14,16,25-32,34,36-42H,3-6,8,10-13,15,17-24H2,1-2H3,(H,35,43)/b9-7+,16-14+. The molecule has 1 heterocycles. The molecule has 0 aromatic rings. The van der Waals surface area contributed by atoms with Gasteiger partial charge in [0.25, 0.3) is 0 Å². The molecule has 0 bridgehead atoms. The zero-order valence-corrected chi connectivity index (χ0v) is 27.6. The predicted molar refractivity (Wildman–Crippen MR) is 173 cm³/mol. The highest BCUT2D eigenvalue weighted by Gasteiger charge is 2.44. The van der Waals surface area contributed by atoms with Gasteiger partial charge in [-0.3, -0.25) is 4.79 Å². The number of amides is 1. The highest BCUT2D eigenvalue weighted by atomic mass is 16.7. The molecular formula is C34H63NO10. The zero-order valence-electron chi connectivity index (χ0n) is 27.6. The van der Waals surface area contributed by atoms with Gasteiger partial charge in [-0.15, -0.1) is 0 Å². The molecular weight excluding hydrogens is 582 g/mol. The summed E-state index contributed by atoms with van der Waals surface area (Å²) in [5.41, 5.74) is 0. The van der Waals surface area contributed by atoms with Crippen molar-refractivity contribution in [3.05, 3.63) is 24.3 Å². The molecule has 1 rings (SSSR count). The van der Waals surface area contributed by atoms with Gasteiger partial charge in [0.05, 0.1) is 25.4 Å². The molecule has 11 nitrogen and oxygen atoms in total. The molecule has 8 N–H and O–H groups in total. The van der Waals surface area contributed by atoms with Crippen LogP contribution in [0.4, 0.5) is 0 Å². The molecule has 1 saturated heterocycles. The average molecular weight is 646 g/mol. The number of nitrogens with one attached hydrogen (secondary N) is 1. The Morgan fingerprint density at radius 1 is 0.756 bits per heavy atom. The second-order valence-electron chi connectivity index (χ2n) is 12.2. The first-order chi connectivity index (χ1) is 21.7. The summed E-state index contributed by atoms with van der Waals surface area (Å²) in [6.07, 6.45) is 11.4. The Bertz CT molecular complexity index is 795. The number of carbonyl (C=O) groups excluding carboxylic acids is 1. The average Bonchev–Trinajstić information content (AvgIpc) is 3.04. The van der Waals surface area contributed by atoms with E-state index in [1.54, 1.807) is 0 Å². The van der Waals surface area contributed by atoms with E-state index in [-0.39, 0.29) is 12.8 Å². The van der Waals surface area contributed by atoms with Gasteiger partial charge in [0, 0.05) is 0 Å². The molecule has 45 heavy (non-hydrogen) atoms. The number of carbonyl (C=O) groups is 1. The lowest BCUT2D eigenvalue weighted by Gasteiger charge is -2.40. The number of ether oxygens (including phenoxy) is 2. The summed E-state index contributed by atoms with van der Waals surface area (Å²) >= 11 is 0. The lowest BCUT2D eigenvalue weighted by atomic mass is 9.98. The highest BCUT2D eigenvalue weighted by Crippen LogP contribution is 2.23. The van der Waals surface area contributed by atoms with E-state index in [0.717, 1.165) is 44.9 Å². The van der Waals surface area contributed by atoms with Crippen molar-refractivity contribution in [3.8, 4) is 0 Å². The Hall–Kier alpha value is -1.41. The molecule has 0 aromatic carbocycles. The zero-order chi connectivity index (χ0) is 33.5. The number of aliphatic hydroxyl groups excluding tert-OH is 7. The summed E-state index contributed by atoms with van der Waals surface area (Å²) in [5, 5.41) is 74.7. The van der Waals surface area contributed by atoms with Crippen LogP contribution >= 0.6 is 0 Å². The third-order valence-corrected chi connectivity index (χ3v) is 8.22. The van der Waals surface area contributed by atoms with Crippen LogP contribution in [0.2, 0.25) is 0 Å². The molecule has 1 aliphatic rings. The van der Waals surface area contributed by atoms with Crippen LogP contribution in [0.5, 0.6) is 0 Å². The molecule has 1 amide bonds. The van der Waals surface area contributed by atoms with Crippen LogP contribution in [0.1, 0.15) is 117 Å². The largest absolute Gasteiger partial charge is 0.394 e. The Kier molecular flexibility index (Phi) is 23.7. The quantitative estimate of drug-likeness (QED) is 0.0513. The molecule has 1 aliphatic heterocycles. The monoisotopic (exact) mass is 645 g/mol. The van der Waals surface area contributed by atoms with Crippen LogP contribution in [-0.4, -0.2) is 110 Å². The number of hydrogen-bond acceptors (Lipinski definition) is 10. The fourth-order valence-corrected chi connectivity index (χ4v) is 5.23. The smallest absolute Gasteiger partial charge is 0.249 e. The predicted octanol–water partition coefficient (Wildman–Crippen LogP) is 2.76. The molecule has 0 aromatic heterocycles. The van der Waals surface area contributed by atoms with Crippen LogP contribution in [0.3, 0.4) is 0 Å². The summed E-state index contributed by atoms with van der Waals surface area (Å²) in [7, 11) is 0. The van der Waals surface area contributed by atoms with E-state index in [9.17, 15) is 40.5 Å². The first-order valence-corrected chi connectivity index (χ1v) is 17.2. The van der Waals surface area contributed by atoms with E-state index in [4.69, 9.17) is 9.47 Å². The van der Waals surface area contributed by atoms with Gasteiger partial charge in [-0.1, -0.05) is 95.9 Å². The van der Waals surface area contributed by atoms with Crippen molar-refractivity contribution in [1.82, 2.24) is 5.32 Å². The maximum absolute atomic E-state index is 12.9. The number of hydrogen-bond donors (Lipinski definition) is 8. The van der Waals surface area contributed by atoms with E-state index < -0.39 is 74.2 Å². The summed E-state index contributed by atoms with van der Waals surface area (Å²) in [4.78, 5) is 12.9. The Morgan fingerprint density at radius 2 is 1.36 bits per heavy atom. The van der Waals surface area contributed by atoms with E-state index in [0.29, 0.717) is 19.3 Å². The van der Waals surface area contributed by atoms with E-state index in [2.05, 4.69) is 37.4 Å². The first kappa shape index (κ1) is 41.6. The normalized spacial score (nSPS) is 25.0. The number of allylic oxidation sites excluding steroid dienone is 4. The van der Waals surface area contributed by atoms with Crippen LogP contribution in [0.25, 0.3) is 0 Å². The van der Waals surface area contributed by atoms with Crippen LogP contribution < -0.4 is 5.32 Å². The van der Waals surface area contributed by atoms with Crippen LogP contribution in [0, 0.1) is 0 Å². The third kappa shape index (κ3) is 17.4. The van der Waals surface area contributed by atoms with Crippen molar-refractivity contribution >= 4 is 5.91 Å². The molecule has 1 fully saturated rings. The van der Waals surface area contributed by atoms with Gasteiger partial charge in [0.2, 0.25) is 5.91 Å². The summed E-state index contributed by atoms with van der Waals surface area (Å²) < 4.78 is 10.9. The fraction of sp³-hybridized carbons (Fsp3) is 0.853. The molecule has 0 saturated carbocycles. The Morgan fingerprint density at radius 3 is 1.98 bits per heavy atom. The topological polar surface area (TPSA) is 189 Å². The Balaban J connectivity index is 2.69. The van der Waals surface area contributed by atoms with E-state index in [1.165, 1.54) is 25.7 Å². The van der Waals surface area contributed by atoms with Crippen molar-refractivity contribution in [2.45, 2.75) is 172 Å². The summed E-state index contributed by atoms with van der Waals surface area (Å²) in [6.45, 7) is 3.23. The molecule has 9 atom stereocenters. The van der Waals surface area contributed by atoms with Gasteiger partial charge in [-0.25, -0.2) is 0 Å². The van der Waals surface area contributed by atoms with Crippen LogP contribution in [0.15, 0.2) is 24.3 Å². The van der Waals surface area contributed by atoms with Gasteiger partial charge in [-0.2, -0.15) is 0 Å². The molecule has 0 radical (unpaired) electrons. The van der Waals surface area contributed by atoms with Crippen molar-refractivity contribution in [3.63, 3.8) is 0 Å². The fourth-order valence-electron chi connectivity index (χ4n) is 5.23. The van der Waals surface area contributed by atoms with Crippen LogP contribution in [-0.2, 0) is 14.3 Å².